The van der Waals surface area contributed by atoms with Gasteiger partial charge in [-0.1, -0.05) is 6.92 Å². The van der Waals surface area contributed by atoms with Crippen molar-refractivity contribution in [1.29, 1.82) is 0 Å². The minimum atomic E-state index is -0.876. The number of amides is 2. The SMILES string of the molecule is CCCC(N)=O.O=C(O)[C@@H]1CCCN1C(=O)[C@@H]1CCCN1. The van der Waals surface area contributed by atoms with Gasteiger partial charge >= 0.3 is 5.97 Å². The van der Waals surface area contributed by atoms with E-state index in [1.165, 1.54) is 4.90 Å². The predicted octanol–water partition coefficient (Wildman–Crippen LogP) is 0.0858. The number of primary amides is 1. The van der Waals surface area contributed by atoms with E-state index in [2.05, 4.69) is 5.32 Å². The Morgan fingerprint density at radius 3 is 2.43 bits per heavy atom. The van der Waals surface area contributed by atoms with Crippen molar-refractivity contribution in [3.63, 3.8) is 0 Å². The van der Waals surface area contributed by atoms with Crippen LogP contribution in [0.25, 0.3) is 0 Å². The number of nitrogens with zero attached hydrogens (tertiary/aromatic N) is 1. The summed E-state index contributed by atoms with van der Waals surface area (Å²) in [5.41, 5.74) is 4.76. The molecule has 2 aliphatic rings. The molecule has 120 valence electrons. The summed E-state index contributed by atoms with van der Waals surface area (Å²) in [6, 6.07) is -0.746. The molecule has 0 aromatic carbocycles. The number of likely N-dealkylation sites (tertiary alicyclic amines) is 1. The summed E-state index contributed by atoms with van der Waals surface area (Å²) < 4.78 is 0. The molecule has 0 aromatic rings. The maximum atomic E-state index is 12.0. The Bertz CT molecular complexity index is 380. The number of nitrogens with one attached hydrogen (secondary N) is 1. The van der Waals surface area contributed by atoms with Gasteiger partial charge in [0.05, 0.1) is 6.04 Å². The van der Waals surface area contributed by atoms with Crippen molar-refractivity contribution in [2.45, 2.75) is 57.5 Å². The van der Waals surface area contributed by atoms with Crippen molar-refractivity contribution in [2.75, 3.05) is 13.1 Å². The molecule has 0 unspecified atom stereocenters. The van der Waals surface area contributed by atoms with Gasteiger partial charge in [-0.25, -0.2) is 4.79 Å². The average molecular weight is 299 g/mol. The minimum absolute atomic E-state index is 0.0302. The molecular formula is C14H25N3O4. The zero-order valence-electron chi connectivity index (χ0n) is 12.5. The molecule has 7 nitrogen and oxygen atoms in total. The molecule has 2 amide bonds. The van der Waals surface area contributed by atoms with Gasteiger partial charge < -0.3 is 21.1 Å². The Labute approximate surface area is 124 Å². The van der Waals surface area contributed by atoms with Crippen molar-refractivity contribution in [3.8, 4) is 0 Å². The number of rotatable bonds is 4. The van der Waals surface area contributed by atoms with Gasteiger partial charge in [0.25, 0.3) is 0 Å². The summed E-state index contributed by atoms with van der Waals surface area (Å²) >= 11 is 0. The second-order valence-electron chi connectivity index (χ2n) is 5.39. The van der Waals surface area contributed by atoms with Gasteiger partial charge in [0.2, 0.25) is 11.8 Å². The highest BCUT2D eigenvalue weighted by Gasteiger charge is 2.37. The van der Waals surface area contributed by atoms with E-state index in [1.54, 1.807) is 0 Å². The van der Waals surface area contributed by atoms with Gasteiger partial charge in [0.1, 0.15) is 6.04 Å². The third kappa shape index (κ3) is 5.34. The first-order valence-corrected chi connectivity index (χ1v) is 7.52. The number of carbonyl (C=O) groups is 3. The zero-order valence-corrected chi connectivity index (χ0v) is 12.5. The molecule has 0 radical (unpaired) electrons. The number of nitrogens with two attached hydrogens (primary N) is 1. The van der Waals surface area contributed by atoms with Gasteiger partial charge in [-0.05, 0) is 38.6 Å². The molecule has 0 spiro atoms. The van der Waals surface area contributed by atoms with E-state index in [9.17, 15) is 14.4 Å². The van der Waals surface area contributed by atoms with Crippen molar-refractivity contribution < 1.29 is 19.5 Å². The second-order valence-corrected chi connectivity index (χ2v) is 5.39. The van der Waals surface area contributed by atoms with Crippen LogP contribution in [0.4, 0.5) is 0 Å². The van der Waals surface area contributed by atoms with Crippen LogP contribution in [-0.2, 0) is 14.4 Å². The molecule has 2 heterocycles. The highest BCUT2D eigenvalue weighted by Crippen LogP contribution is 2.20. The summed E-state index contributed by atoms with van der Waals surface area (Å²) in [5.74, 6) is -1.12. The quantitative estimate of drug-likeness (QED) is 0.680. The standard InChI is InChI=1S/C10H16N2O3.C4H9NO/c13-9(7-3-1-5-11-7)12-6-2-4-8(12)10(14)15;1-2-3-4(5)6/h7-8,11H,1-6H2,(H,14,15);2-3H2,1H3,(H2,5,6)/t7-,8-;/m0./s1. The van der Waals surface area contributed by atoms with Crippen LogP contribution >= 0.6 is 0 Å². The van der Waals surface area contributed by atoms with Crippen LogP contribution in [0.5, 0.6) is 0 Å². The van der Waals surface area contributed by atoms with Crippen LogP contribution in [0, 0.1) is 0 Å². The number of hydrogen-bond donors (Lipinski definition) is 3. The van der Waals surface area contributed by atoms with E-state index >= 15 is 0 Å². The van der Waals surface area contributed by atoms with Crippen LogP contribution in [0.15, 0.2) is 0 Å². The van der Waals surface area contributed by atoms with Gasteiger partial charge in [-0.3, -0.25) is 9.59 Å². The number of hydrogen-bond acceptors (Lipinski definition) is 4. The molecule has 2 atom stereocenters. The number of carbonyl (C=O) groups excluding carboxylic acids is 2. The van der Waals surface area contributed by atoms with E-state index < -0.39 is 12.0 Å². The lowest BCUT2D eigenvalue weighted by Crippen LogP contribution is -2.48. The molecule has 7 heteroatoms. The lowest BCUT2D eigenvalue weighted by Gasteiger charge is -2.24. The van der Waals surface area contributed by atoms with Crippen molar-refractivity contribution in [2.24, 2.45) is 5.73 Å². The van der Waals surface area contributed by atoms with Crippen molar-refractivity contribution >= 4 is 17.8 Å². The maximum Gasteiger partial charge on any atom is 0.326 e. The first-order valence-electron chi connectivity index (χ1n) is 7.52. The van der Waals surface area contributed by atoms with Gasteiger partial charge in [-0.2, -0.15) is 0 Å². The Hall–Kier alpha value is -1.63. The molecule has 4 N–H and O–H groups in total. The van der Waals surface area contributed by atoms with E-state index in [-0.39, 0.29) is 17.9 Å². The number of carboxylic acid groups (broad SMARTS) is 1. The molecular weight excluding hydrogens is 274 g/mol. The average Bonchev–Trinajstić information content (AvgIpc) is 3.10. The first-order chi connectivity index (χ1) is 9.97. The van der Waals surface area contributed by atoms with E-state index in [0.29, 0.717) is 19.4 Å². The highest BCUT2D eigenvalue weighted by atomic mass is 16.4. The predicted molar refractivity (Wildman–Crippen MR) is 77.5 cm³/mol. The normalized spacial score (nSPS) is 24.3. The molecule has 0 aromatic heterocycles. The third-order valence-electron chi connectivity index (χ3n) is 3.68. The van der Waals surface area contributed by atoms with Crippen LogP contribution in [-0.4, -0.2) is 53.0 Å². The van der Waals surface area contributed by atoms with Gasteiger partial charge in [-0.15, -0.1) is 0 Å². The lowest BCUT2D eigenvalue weighted by molar-refractivity contribution is -0.148. The lowest BCUT2D eigenvalue weighted by atomic mass is 10.1. The molecule has 0 bridgehead atoms. The minimum Gasteiger partial charge on any atom is -0.480 e. The van der Waals surface area contributed by atoms with E-state index in [0.717, 1.165) is 32.2 Å². The smallest absolute Gasteiger partial charge is 0.326 e. The van der Waals surface area contributed by atoms with Crippen LogP contribution < -0.4 is 11.1 Å². The molecule has 21 heavy (non-hydrogen) atoms. The topological polar surface area (TPSA) is 113 Å². The summed E-state index contributed by atoms with van der Waals surface area (Å²) in [4.78, 5) is 34.2. The fraction of sp³-hybridized carbons (Fsp3) is 0.786. The molecule has 2 aliphatic heterocycles. The van der Waals surface area contributed by atoms with Crippen molar-refractivity contribution in [3.05, 3.63) is 0 Å². The van der Waals surface area contributed by atoms with Crippen LogP contribution in [0.1, 0.15) is 45.4 Å². The first kappa shape index (κ1) is 17.4. The molecule has 0 aliphatic carbocycles. The number of aliphatic carboxylic acids is 1. The summed E-state index contributed by atoms with van der Waals surface area (Å²) in [7, 11) is 0. The molecule has 2 saturated heterocycles. The fourth-order valence-corrected chi connectivity index (χ4v) is 2.63. The third-order valence-corrected chi connectivity index (χ3v) is 3.68. The van der Waals surface area contributed by atoms with E-state index in [1.807, 2.05) is 6.92 Å². The Kier molecular flexibility index (Phi) is 7.14. The number of carboxylic acids is 1. The highest BCUT2D eigenvalue weighted by molar-refractivity contribution is 5.87. The second kappa shape index (κ2) is 8.61. The Morgan fingerprint density at radius 2 is 2.00 bits per heavy atom. The zero-order chi connectivity index (χ0) is 15.8. The van der Waals surface area contributed by atoms with Gasteiger partial charge in [0.15, 0.2) is 0 Å². The van der Waals surface area contributed by atoms with Gasteiger partial charge in [0, 0.05) is 13.0 Å². The summed E-state index contributed by atoms with van der Waals surface area (Å²) in [6.07, 6.45) is 4.60. The Balaban J connectivity index is 0.000000315. The largest absolute Gasteiger partial charge is 0.480 e. The van der Waals surface area contributed by atoms with Crippen molar-refractivity contribution in [1.82, 2.24) is 10.2 Å². The molecule has 2 fully saturated rings. The monoisotopic (exact) mass is 299 g/mol. The maximum absolute atomic E-state index is 12.0. The van der Waals surface area contributed by atoms with Crippen LogP contribution in [0.2, 0.25) is 0 Å². The van der Waals surface area contributed by atoms with Crippen LogP contribution in [0.3, 0.4) is 0 Å². The summed E-state index contributed by atoms with van der Waals surface area (Å²) in [5, 5.41) is 12.1. The molecule has 0 saturated carbocycles. The fourth-order valence-electron chi connectivity index (χ4n) is 2.63. The molecule has 2 rings (SSSR count). The van der Waals surface area contributed by atoms with E-state index in [4.69, 9.17) is 10.8 Å². The summed E-state index contributed by atoms with van der Waals surface area (Å²) in [6.45, 7) is 3.38. The Morgan fingerprint density at radius 1 is 1.29 bits per heavy atom.